The first kappa shape index (κ1) is 18.1. The van der Waals surface area contributed by atoms with Gasteiger partial charge in [-0.25, -0.2) is 0 Å². The van der Waals surface area contributed by atoms with E-state index in [0.29, 0.717) is 33.0 Å². The molecule has 1 aromatic heterocycles. The van der Waals surface area contributed by atoms with Crippen LogP contribution >= 0.6 is 0 Å². The lowest BCUT2D eigenvalue weighted by Gasteiger charge is -2.29. The fourth-order valence-electron chi connectivity index (χ4n) is 3.85. The van der Waals surface area contributed by atoms with E-state index in [1.165, 1.54) is 5.56 Å². The van der Waals surface area contributed by atoms with Crippen LogP contribution in [0.25, 0.3) is 11.3 Å². The van der Waals surface area contributed by atoms with Crippen molar-refractivity contribution in [2.24, 2.45) is 0 Å². The number of hydrogen-bond donors (Lipinski definition) is 1. The molecule has 27 heavy (non-hydrogen) atoms. The van der Waals surface area contributed by atoms with Gasteiger partial charge in [0.25, 0.3) is 0 Å². The van der Waals surface area contributed by atoms with Gasteiger partial charge in [0.15, 0.2) is 5.43 Å². The minimum absolute atomic E-state index is 0.0102. The minimum Gasteiger partial charge on any atom is -0.494 e. The summed E-state index contributed by atoms with van der Waals surface area (Å²) >= 11 is 0. The highest BCUT2D eigenvalue weighted by Crippen LogP contribution is 2.35. The first-order chi connectivity index (χ1) is 13.2. The highest BCUT2D eigenvalue weighted by molar-refractivity contribution is 5.72. The van der Waals surface area contributed by atoms with Crippen molar-refractivity contribution in [3.63, 3.8) is 0 Å². The average molecular weight is 370 g/mol. The van der Waals surface area contributed by atoms with Gasteiger partial charge in [-0.1, -0.05) is 0 Å². The molecule has 0 saturated carbocycles. The molecule has 0 unspecified atom stereocenters. The first-order valence-electron chi connectivity index (χ1n) is 9.61. The van der Waals surface area contributed by atoms with Crippen LogP contribution < -0.4 is 15.5 Å². The predicted molar refractivity (Wildman–Crippen MR) is 105 cm³/mol. The van der Waals surface area contributed by atoms with E-state index < -0.39 is 0 Å². The lowest BCUT2D eigenvalue weighted by atomic mass is 9.94. The summed E-state index contributed by atoms with van der Waals surface area (Å²) in [7, 11) is 0. The summed E-state index contributed by atoms with van der Waals surface area (Å²) in [5.74, 6) is 1.72. The summed E-state index contributed by atoms with van der Waals surface area (Å²) in [6.45, 7) is 7.83. The molecule has 1 N–H and O–H groups in total. The van der Waals surface area contributed by atoms with Crippen LogP contribution in [0.3, 0.4) is 0 Å². The largest absolute Gasteiger partial charge is 0.494 e. The second kappa shape index (κ2) is 7.74. The minimum atomic E-state index is 0.0102. The molecule has 1 atom stereocenters. The van der Waals surface area contributed by atoms with Gasteiger partial charge in [-0.05, 0) is 44.0 Å². The Morgan fingerprint density at radius 1 is 1.30 bits per heavy atom. The quantitative estimate of drug-likeness (QED) is 0.877. The van der Waals surface area contributed by atoms with E-state index in [4.69, 9.17) is 14.2 Å². The molecule has 0 radical (unpaired) electrons. The molecule has 1 fully saturated rings. The molecule has 0 amide bonds. The Kier molecular flexibility index (Phi) is 5.18. The second-order valence-electron chi connectivity index (χ2n) is 6.97. The summed E-state index contributed by atoms with van der Waals surface area (Å²) in [4.78, 5) is 12.6. The molecule has 0 spiro atoms. The molecule has 1 aromatic carbocycles. The zero-order valence-corrected chi connectivity index (χ0v) is 15.9. The summed E-state index contributed by atoms with van der Waals surface area (Å²) < 4.78 is 19.0. The molecular weight excluding hydrogens is 344 g/mol. The van der Waals surface area contributed by atoms with Gasteiger partial charge >= 0.3 is 0 Å². The number of aryl methyl sites for hydroxylation is 1. The van der Waals surface area contributed by atoms with Crippen LogP contribution in [0.5, 0.6) is 5.75 Å². The number of anilines is 1. The van der Waals surface area contributed by atoms with E-state index in [2.05, 4.69) is 22.0 Å². The van der Waals surface area contributed by atoms with E-state index in [9.17, 15) is 4.79 Å². The Bertz CT molecular complexity index is 884. The van der Waals surface area contributed by atoms with Gasteiger partial charge in [0.1, 0.15) is 11.6 Å². The zero-order valence-electron chi connectivity index (χ0n) is 15.9. The molecule has 4 rings (SSSR count). The number of rotatable bonds is 5. The molecule has 2 aliphatic rings. The van der Waals surface area contributed by atoms with Crippen LogP contribution in [-0.2, 0) is 22.4 Å². The van der Waals surface area contributed by atoms with Crippen molar-refractivity contribution >= 4 is 5.82 Å². The molecule has 1 saturated heterocycles. The van der Waals surface area contributed by atoms with E-state index in [1.807, 2.05) is 19.9 Å². The Morgan fingerprint density at radius 3 is 2.96 bits per heavy atom. The van der Waals surface area contributed by atoms with E-state index >= 15 is 0 Å². The van der Waals surface area contributed by atoms with Gasteiger partial charge in [-0.3, -0.25) is 4.79 Å². The van der Waals surface area contributed by atoms with Gasteiger partial charge in [-0.15, -0.1) is 0 Å². The predicted octanol–water partition coefficient (Wildman–Crippen LogP) is 2.61. The third-order valence-electron chi connectivity index (χ3n) is 5.20. The summed E-state index contributed by atoms with van der Waals surface area (Å²) in [5.41, 5.74) is 4.16. The summed E-state index contributed by atoms with van der Waals surface area (Å²) in [6, 6.07) is 7.84. The summed E-state index contributed by atoms with van der Waals surface area (Å²) in [5, 5.41) is 3.41. The molecule has 6 heteroatoms. The van der Waals surface area contributed by atoms with Crippen molar-refractivity contribution in [2.75, 3.05) is 38.3 Å². The monoisotopic (exact) mass is 370 g/mol. The second-order valence-corrected chi connectivity index (χ2v) is 6.97. The molecule has 2 aromatic rings. The van der Waals surface area contributed by atoms with Crippen molar-refractivity contribution in [3.8, 4) is 17.0 Å². The van der Waals surface area contributed by atoms with Gasteiger partial charge in [0.2, 0.25) is 0 Å². The fourth-order valence-corrected chi connectivity index (χ4v) is 3.85. The standard InChI is InChI=1S/C21H26N2O4/c1-3-26-16-4-5-18-15(10-16)6-7-23-20(11-19(24)14(2)21(18)23)22-12-17-13-25-8-9-27-17/h4-5,10-11,17,22H,3,6-9,12-13H2,1-2H3/t17-/m1/s1. The van der Waals surface area contributed by atoms with Crippen molar-refractivity contribution in [2.45, 2.75) is 32.9 Å². The highest BCUT2D eigenvalue weighted by Gasteiger charge is 2.22. The van der Waals surface area contributed by atoms with Crippen molar-refractivity contribution in [1.82, 2.24) is 4.57 Å². The number of ether oxygens (including phenoxy) is 3. The molecule has 0 bridgehead atoms. The molecular formula is C21H26N2O4. The van der Waals surface area contributed by atoms with E-state index in [-0.39, 0.29) is 11.5 Å². The topological polar surface area (TPSA) is 61.7 Å². The number of pyridine rings is 1. The molecule has 144 valence electrons. The van der Waals surface area contributed by atoms with Crippen LogP contribution in [0.15, 0.2) is 29.1 Å². The third-order valence-corrected chi connectivity index (χ3v) is 5.20. The van der Waals surface area contributed by atoms with Crippen LogP contribution in [0.4, 0.5) is 5.82 Å². The number of nitrogens with one attached hydrogen (secondary N) is 1. The van der Waals surface area contributed by atoms with E-state index in [0.717, 1.165) is 41.4 Å². The van der Waals surface area contributed by atoms with Crippen LogP contribution in [-0.4, -0.2) is 43.6 Å². The number of hydrogen-bond acceptors (Lipinski definition) is 5. The maximum Gasteiger partial charge on any atom is 0.187 e. The Labute approximate surface area is 159 Å². The van der Waals surface area contributed by atoms with Crippen LogP contribution in [0.1, 0.15) is 18.1 Å². The maximum atomic E-state index is 12.6. The molecule has 3 heterocycles. The lowest BCUT2D eigenvalue weighted by molar-refractivity contribution is -0.0819. The van der Waals surface area contributed by atoms with Gasteiger partial charge < -0.3 is 24.1 Å². The lowest BCUT2D eigenvalue weighted by Crippen LogP contribution is -2.35. The molecule has 0 aliphatic carbocycles. The zero-order chi connectivity index (χ0) is 18.8. The summed E-state index contributed by atoms with van der Waals surface area (Å²) in [6.07, 6.45) is 0.916. The Morgan fingerprint density at radius 2 is 2.19 bits per heavy atom. The van der Waals surface area contributed by atoms with Crippen LogP contribution in [0, 0.1) is 6.92 Å². The van der Waals surface area contributed by atoms with Crippen molar-refractivity contribution in [3.05, 3.63) is 45.6 Å². The van der Waals surface area contributed by atoms with Gasteiger partial charge in [0.05, 0.1) is 38.2 Å². The number of fused-ring (bicyclic) bond motifs is 3. The molecule has 6 nitrogen and oxygen atoms in total. The van der Waals surface area contributed by atoms with Crippen molar-refractivity contribution in [1.29, 1.82) is 0 Å². The smallest absolute Gasteiger partial charge is 0.187 e. The number of benzene rings is 1. The molecule has 2 aliphatic heterocycles. The Balaban J connectivity index is 1.67. The van der Waals surface area contributed by atoms with Crippen LogP contribution in [0.2, 0.25) is 0 Å². The maximum absolute atomic E-state index is 12.6. The fraction of sp³-hybridized carbons (Fsp3) is 0.476. The first-order valence-corrected chi connectivity index (χ1v) is 9.61. The number of nitrogens with zero attached hydrogens (tertiary/aromatic N) is 1. The van der Waals surface area contributed by atoms with Crippen molar-refractivity contribution < 1.29 is 14.2 Å². The number of aromatic nitrogens is 1. The SMILES string of the molecule is CCOc1ccc2c(c1)CCn1c(NC[C@@H]3COCCO3)cc(=O)c(C)c1-2. The normalized spacial score (nSPS) is 18.5. The van der Waals surface area contributed by atoms with Gasteiger partial charge in [-0.2, -0.15) is 0 Å². The van der Waals surface area contributed by atoms with E-state index in [1.54, 1.807) is 6.07 Å². The average Bonchev–Trinajstić information content (AvgIpc) is 2.70. The highest BCUT2D eigenvalue weighted by atomic mass is 16.6. The Hall–Kier alpha value is -2.31. The third kappa shape index (κ3) is 3.59. The van der Waals surface area contributed by atoms with Gasteiger partial charge in [0, 0.05) is 30.3 Å².